The summed E-state index contributed by atoms with van der Waals surface area (Å²) in [5, 5.41) is 7.05. The maximum Gasteiger partial charge on any atom is 0.336 e. The van der Waals surface area contributed by atoms with Gasteiger partial charge in [-0.1, -0.05) is 0 Å². The maximum absolute atomic E-state index is 12.0. The molecule has 2 heterocycles. The van der Waals surface area contributed by atoms with E-state index >= 15 is 0 Å². The first-order chi connectivity index (χ1) is 10.7. The highest BCUT2D eigenvalue weighted by molar-refractivity contribution is 5.93. The summed E-state index contributed by atoms with van der Waals surface area (Å²) in [6, 6.07) is 8.37. The van der Waals surface area contributed by atoms with E-state index in [-0.39, 0.29) is 11.5 Å². The van der Waals surface area contributed by atoms with E-state index in [2.05, 4.69) is 10.6 Å². The van der Waals surface area contributed by atoms with Gasteiger partial charge in [-0.3, -0.25) is 4.79 Å². The summed E-state index contributed by atoms with van der Waals surface area (Å²) in [7, 11) is 0. The van der Waals surface area contributed by atoms with E-state index in [0.717, 1.165) is 43.4 Å². The highest BCUT2D eigenvalue weighted by Crippen LogP contribution is 2.20. The zero-order valence-corrected chi connectivity index (χ0v) is 12.4. The number of amides is 1. The highest BCUT2D eigenvalue weighted by atomic mass is 16.4. The van der Waals surface area contributed by atoms with Gasteiger partial charge in [0.1, 0.15) is 5.58 Å². The van der Waals surface area contributed by atoms with Gasteiger partial charge < -0.3 is 15.1 Å². The molecule has 1 fully saturated rings. The molecule has 0 atom stereocenters. The second-order valence-corrected chi connectivity index (χ2v) is 5.79. The lowest BCUT2D eigenvalue weighted by atomic mass is 9.93. The van der Waals surface area contributed by atoms with E-state index in [4.69, 9.17) is 4.42 Å². The minimum Gasteiger partial charge on any atom is -0.423 e. The number of piperidine rings is 1. The fraction of sp³-hybridized carbons (Fsp3) is 0.412. The van der Waals surface area contributed by atoms with Crippen LogP contribution in [0, 0.1) is 5.92 Å². The van der Waals surface area contributed by atoms with E-state index in [1.807, 2.05) is 6.07 Å². The number of anilines is 1. The molecule has 0 saturated carbocycles. The van der Waals surface area contributed by atoms with Crippen molar-refractivity contribution in [2.24, 2.45) is 5.92 Å². The first-order valence-corrected chi connectivity index (χ1v) is 7.75. The summed E-state index contributed by atoms with van der Waals surface area (Å²) >= 11 is 0. The van der Waals surface area contributed by atoms with Gasteiger partial charge in [0.2, 0.25) is 5.91 Å². The molecule has 1 aliphatic heterocycles. The number of nitrogens with one attached hydrogen (secondary N) is 2. The molecule has 1 aromatic heterocycles. The molecule has 116 valence electrons. The summed E-state index contributed by atoms with van der Waals surface area (Å²) in [5.74, 6) is 0.688. The molecule has 1 aromatic carbocycles. The molecule has 0 aliphatic carbocycles. The minimum atomic E-state index is -0.369. The Kier molecular flexibility index (Phi) is 4.53. The Morgan fingerprint density at radius 2 is 2.05 bits per heavy atom. The Labute approximate surface area is 128 Å². The quantitative estimate of drug-likeness (QED) is 0.851. The monoisotopic (exact) mass is 300 g/mol. The SMILES string of the molecule is O=C(CCC1CCNCC1)Nc1ccc2oc(=O)ccc2c1. The number of fused-ring (bicyclic) bond motifs is 1. The smallest absolute Gasteiger partial charge is 0.336 e. The molecule has 3 rings (SSSR count). The van der Waals surface area contributed by atoms with Crippen molar-refractivity contribution in [3.8, 4) is 0 Å². The van der Waals surface area contributed by atoms with Crippen LogP contribution in [0.5, 0.6) is 0 Å². The molecule has 1 saturated heterocycles. The molecule has 2 aromatic rings. The minimum absolute atomic E-state index is 0.0373. The lowest BCUT2D eigenvalue weighted by molar-refractivity contribution is -0.116. The highest BCUT2D eigenvalue weighted by Gasteiger charge is 2.14. The van der Waals surface area contributed by atoms with Crippen molar-refractivity contribution in [2.75, 3.05) is 18.4 Å². The van der Waals surface area contributed by atoms with Crippen LogP contribution in [0.2, 0.25) is 0 Å². The van der Waals surface area contributed by atoms with E-state index in [1.165, 1.54) is 6.07 Å². The van der Waals surface area contributed by atoms with Crippen LogP contribution in [0.15, 0.2) is 39.5 Å². The van der Waals surface area contributed by atoms with Gasteiger partial charge in [-0.05, 0) is 62.5 Å². The first kappa shape index (κ1) is 14.8. The third kappa shape index (κ3) is 3.74. The van der Waals surface area contributed by atoms with Crippen molar-refractivity contribution in [3.05, 3.63) is 40.8 Å². The van der Waals surface area contributed by atoms with Crippen LogP contribution < -0.4 is 16.3 Å². The average Bonchev–Trinajstić information content (AvgIpc) is 2.54. The van der Waals surface area contributed by atoms with Crippen molar-refractivity contribution >= 4 is 22.6 Å². The third-order valence-electron chi connectivity index (χ3n) is 4.14. The average molecular weight is 300 g/mol. The number of hydrogen-bond donors (Lipinski definition) is 2. The molecule has 0 unspecified atom stereocenters. The molecule has 22 heavy (non-hydrogen) atoms. The lowest BCUT2D eigenvalue weighted by Gasteiger charge is -2.22. The van der Waals surface area contributed by atoms with Crippen LogP contribution in [0.25, 0.3) is 11.0 Å². The summed E-state index contributed by atoms with van der Waals surface area (Å²) in [4.78, 5) is 23.2. The molecule has 5 heteroatoms. The van der Waals surface area contributed by atoms with Gasteiger partial charge >= 0.3 is 5.63 Å². The van der Waals surface area contributed by atoms with Crippen molar-refractivity contribution in [1.29, 1.82) is 0 Å². The molecule has 2 N–H and O–H groups in total. The van der Waals surface area contributed by atoms with Crippen LogP contribution >= 0.6 is 0 Å². The molecule has 1 aliphatic rings. The first-order valence-electron chi connectivity index (χ1n) is 7.75. The summed E-state index contributed by atoms with van der Waals surface area (Å²) in [6.45, 7) is 2.12. The number of hydrogen-bond acceptors (Lipinski definition) is 4. The van der Waals surface area contributed by atoms with Crippen LogP contribution in [-0.2, 0) is 4.79 Å². The summed E-state index contributed by atoms with van der Waals surface area (Å²) in [6.07, 6.45) is 3.80. The van der Waals surface area contributed by atoms with Crippen LogP contribution in [0.1, 0.15) is 25.7 Å². The zero-order chi connectivity index (χ0) is 15.4. The van der Waals surface area contributed by atoms with Crippen molar-refractivity contribution in [3.63, 3.8) is 0 Å². The predicted octanol–water partition coefficient (Wildman–Crippen LogP) is 2.51. The molecule has 0 radical (unpaired) electrons. The Balaban J connectivity index is 1.58. The van der Waals surface area contributed by atoms with Gasteiger partial charge in [0.25, 0.3) is 0 Å². The lowest BCUT2D eigenvalue weighted by Crippen LogP contribution is -2.28. The Bertz CT molecular complexity index is 717. The van der Waals surface area contributed by atoms with E-state index in [0.29, 0.717) is 17.9 Å². The largest absolute Gasteiger partial charge is 0.423 e. The molecular weight excluding hydrogens is 280 g/mol. The van der Waals surface area contributed by atoms with Gasteiger partial charge in [0.15, 0.2) is 0 Å². The van der Waals surface area contributed by atoms with Gasteiger partial charge in [0.05, 0.1) is 0 Å². The fourth-order valence-corrected chi connectivity index (χ4v) is 2.88. The van der Waals surface area contributed by atoms with Gasteiger partial charge in [-0.2, -0.15) is 0 Å². The predicted molar refractivity (Wildman–Crippen MR) is 85.9 cm³/mol. The number of benzene rings is 1. The Hall–Kier alpha value is -2.14. The van der Waals surface area contributed by atoms with Gasteiger partial charge in [0, 0.05) is 23.6 Å². The van der Waals surface area contributed by atoms with Gasteiger partial charge in [-0.15, -0.1) is 0 Å². The number of rotatable bonds is 4. The number of carbonyl (C=O) groups is 1. The van der Waals surface area contributed by atoms with E-state index < -0.39 is 0 Å². The summed E-state index contributed by atoms with van der Waals surface area (Å²) < 4.78 is 5.07. The van der Waals surface area contributed by atoms with Gasteiger partial charge in [-0.25, -0.2) is 4.79 Å². The molecule has 0 bridgehead atoms. The molecule has 0 spiro atoms. The third-order valence-corrected chi connectivity index (χ3v) is 4.14. The van der Waals surface area contributed by atoms with Crippen LogP contribution in [0.4, 0.5) is 5.69 Å². The number of carbonyl (C=O) groups excluding carboxylic acids is 1. The van der Waals surface area contributed by atoms with Crippen molar-refractivity contribution in [2.45, 2.75) is 25.7 Å². The zero-order valence-electron chi connectivity index (χ0n) is 12.4. The molecule has 1 amide bonds. The van der Waals surface area contributed by atoms with E-state index in [1.54, 1.807) is 18.2 Å². The normalized spacial score (nSPS) is 15.8. The second-order valence-electron chi connectivity index (χ2n) is 5.79. The van der Waals surface area contributed by atoms with Crippen molar-refractivity contribution in [1.82, 2.24) is 5.32 Å². The Morgan fingerprint density at radius 1 is 1.23 bits per heavy atom. The summed E-state index contributed by atoms with van der Waals surface area (Å²) in [5.41, 5.74) is 0.892. The molecule has 5 nitrogen and oxygen atoms in total. The van der Waals surface area contributed by atoms with Crippen LogP contribution in [0.3, 0.4) is 0 Å². The topological polar surface area (TPSA) is 71.3 Å². The maximum atomic E-state index is 12.0. The van der Waals surface area contributed by atoms with Crippen molar-refractivity contribution < 1.29 is 9.21 Å². The fourth-order valence-electron chi connectivity index (χ4n) is 2.88. The van der Waals surface area contributed by atoms with E-state index in [9.17, 15) is 9.59 Å². The molecular formula is C17H20N2O3. The second kappa shape index (κ2) is 6.75. The Morgan fingerprint density at radius 3 is 2.86 bits per heavy atom. The standard InChI is InChI=1S/C17H20N2O3/c20-16(5-1-12-7-9-18-10-8-12)19-14-3-4-15-13(11-14)2-6-17(21)22-15/h2-4,6,11-12,18H,1,5,7-10H2,(H,19,20). The van der Waals surface area contributed by atoms with Crippen LogP contribution in [-0.4, -0.2) is 19.0 Å².